The summed E-state index contributed by atoms with van der Waals surface area (Å²) in [5, 5.41) is 0. The van der Waals surface area contributed by atoms with Crippen molar-refractivity contribution >= 4 is 17.4 Å². The molecule has 0 spiro atoms. The van der Waals surface area contributed by atoms with Crippen LogP contribution in [-0.2, 0) is 0 Å². The summed E-state index contributed by atoms with van der Waals surface area (Å²) in [5.74, 6) is 1.72. The first kappa shape index (κ1) is 19.6. The second-order valence-corrected chi connectivity index (χ2v) is 8.84. The van der Waals surface area contributed by atoms with Crippen LogP contribution in [0.2, 0.25) is 0 Å². The molecule has 0 aromatic heterocycles. The highest BCUT2D eigenvalue weighted by molar-refractivity contribution is 5.93. The zero-order valence-corrected chi connectivity index (χ0v) is 18.0. The van der Waals surface area contributed by atoms with E-state index < -0.39 is 0 Å². The molecule has 0 radical (unpaired) electrons. The Hall–Kier alpha value is -2.18. The SMILES string of the molecule is CC(C)c1c2c(c(C(C)C)c(C(C)C)c1C(C)C)-c1ccccc1N=C=N2. The summed E-state index contributed by atoms with van der Waals surface area (Å²) < 4.78 is 0. The Morgan fingerprint density at radius 3 is 1.70 bits per heavy atom. The van der Waals surface area contributed by atoms with Gasteiger partial charge in [-0.25, -0.2) is 0 Å². The van der Waals surface area contributed by atoms with Crippen molar-refractivity contribution in [2.75, 3.05) is 0 Å². The molecule has 1 aliphatic heterocycles. The fraction of sp³-hybridized carbons (Fsp3) is 0.480. The average Bonchev–Trinajstić information content (AvgIpc) is 2.78. The Morgan fingerprint density at radius 1 is 0.630 bits per heavy atom. The molecule has 0 N–H and O–H groups in total. The minimum Gasteiger partial charge on any atom is -0.187 e. The number of benzene rings is 2. The van der Waals surface area contributed by atoms with E-state index in [0.29, 0.717) is 23.7 Å². The van der Waals surface area contributed by atoms with E-state index in [1.807, 2.05) is 6.07 Å². The van der Waals surface area contributed by atoms with Crippen LogP contribution in [0.1, 0.15) is 101 Å². The van der Waals surface area contributed by atoms with Crippen molar-refractivity contribution in [3.63, 3.8) is 0 Å². The molecule has 2 aromatic carbocycles. The lowest BCUT2D eigenvalue weighted by atomic mass is 9.73. The van der Waals surface area contributed by atoms with Crippen molar-refractivity contribution in [2.24, 2.45) is 9.98 Å². The largest absolute Gasteiger partial charge is 0.187 e. The molecular formula is C25H32N2. The van der Waals surface area contributed by atoms with Crippen LogP contribution in [-0.4, -0.2) is 6.01 Å². The van der Waals surface area contributed by atoms with Crippen molar-refractivity contribution in [3.8, 4) is 11.1 Å². The molecule has 142 valence electrons. The molecule has 0 saturated carbocycles. The van der Waals surface area contributed by atoms with Crippen LogP contribution in [0.25, 0.3) is 11.1 Å². The predicted octanol–water partition coefficient (Wildman–Crippen LogP) is 8.30. The van der Waals surface area contributed by atoms with Crippen molar-refractivity contribution in [3.05, 3.63) is 46.5 Å². The van der Waals surface area contributed by atoms with E-state index in [9.17, 15) is 0 Å². The molecule has 2 nitrogen and oxygen atoms in total. The normalized spacial score (nSPS) is 12.9. The summed E-state index contributed by atoms with van der Waals surface area (Å²) in [5.41, 5.74) is 10.3. The Labute approximate surface area is 164 Å². The lowest BCUT2D eigenvalue weighted by molar-refractivity contribution is 0.723. The zero-order valence-electron chi connectivity index (χ0n) is 18.0. The van der Waals surface area contributed by atoms with E-state index in [4.69, 9.17) is 4.99 Å². The third kappa shape index (κ3) is 3.28. The number of hydrogen-bond acceptors (Lipinski definition) is 2. The summed E-state index contributed by atoms with van der Waals surface area (Å²) >= 11 is 0. The summed E-state index contributed by atoms with van der Waals surface area (Å²) in [7, 11) is 0. The first-order valence-corrected chi connectivity index (χ1v) is 10.2. The fourth-order valence-electron chi connectivity index (χ4n) is 4.54. The van der Waals surface area contributed by atoms with Gasteiger partial charge in [-0.15, -0.1) is 0 Å². The zero-order chi connectivity index (χ0) is 19.9. The van der Waals surface area contributed by atoms with Crippen molar-refractivity contribution in [1.29, 1.82) is 0 Å². The van der Waals surface area contributed by atoms with Gasteiger partial charge in [0, 0.05) is 11.1 Å². The topological polar surface area (TPSA) is 24.7 Å². The molecule has 0 saturated heterocycles. The second kappa shape index (κ2) is 7.44. The van der Waals surface area contributed by atoms with Gasteiger partial charge in [0.25, 0.3) is 0 Å². The summed E-state index contributed by atoms with van der Waals surface area (Å²) in [4.78, 5) is 9.33. The molecule has 0 fully saturated rings. The molecule has 1 aliphatic rings. The number of rotatable bonds is 4. The highest BCUT2D eigenvalue weighted by Crippen LogP contribution is 2.52. The van der Waals surface area contributed by atoms with Crippen LogP contribution in [0.4, 0.5) is 11.4 Å². The van der Waals surface area contributed by atoms with Gasteiger partial charge in [0.2, 0.25) is 0 Å². The smallest absolute Gasteiger partial charge is 0.101 e. The number of aliphatic imine (C=N–C) groups is 2. The molecule has 0 aliphatic carbocycles. The average molecular weight is 361 g/mol. The van der Waals surface area contributed by atoms with E-state index in [1.165, 1.54) is 33.4 Å². The molecule has 2 aromatic rings. The van der Waals surface area contributed by atoms with E-state index in [-0.39, 0.29) is 0 Å². The second-order valence-electron chi connectivity index (χ2n) is 8.84. The molecule has 3 rings (SSSR count). The van der Waals surface area contributed by atoms with Crippen LogP contribution in [0, 0.1) is 0 Å². The maximum absolute atomic E-state index is 4.79. The molecule has 1 heterocycles. The summed E-state index contributed by atoms with van der Waals surface area (Å²) in [6, 6.07) is 11.4. The lowest BCUT2D eigenvalue weighted by Gasteiger charge is -2.31. The molecule has 0 unspecified atom stereocenters. The quantitative estimate of drug-likeness (QED) is 0.447. The van der Waals surface area contributed by atoms with E-state index >= 15 is 0 Å². The van der Waals surface area contributed by atoms with Gasteiger partial charge >= 0.3 is 0 Å². The molecule has 2 heteroatoms. The molecular weight excluding hydrogens is 328 g/mol. The van der Waals surface area contributed by atoms with Gasteiger partial charge in [0.1, 0.15) is 6.01 Å². The maximum Gasteiger partial charge on any atom is 0.101 e. The first-order chi connectivity index (χ1) is 12.8. The lowest BCUT2D eigenvalue weighted by Crippen LogP contribution is -2.12. The number of para-hydroxylation sites is 1. The fourth-order valence-corrected chi connectivity index (χ4v) is 4.54. The van der Waals surface area contributed by atoms with Crippen molar-refractivity contribution in [2.45, 2.75) is 79.1 Å². The van der Waals surface area contributed by atoms with Crippen LogP contribution in [0.15, 0.2) is 34.3 Å². The van der Waals surface area contributed by atoms with Crippen molar-refractivity contribution < 1.29 is 0 Å². The molecule has 0 amide bonds. The van der Waals surface area contributed by atoms with Gasteiger partial charge in [-0.3, -0.25) is 0 Å². The summed E-state index contributed by atoms with van der Waals surface area (Å²) in [6.07, 6.45) is 0. The van der Waals surface area contributed by atoms with Crippen LogP contribution in [0.5, 0.6) is 0 Å². The molecule has 0 bridgehead atoms. The van der Waals surface area contributed by atoms with Gasteiger partial charge in [-0.1, -0.05) is 73.6 Å². The standard InChI is InChI=1S/C25H32N2/c1-14(2)20-21(15(3)4)23(17(7)8)25-24(22(20)16(5)6)18-11-9-10-12-19(18)26-13-27-25/h9-12,14-17H,1-8H3. The van der Waals surface area contributed by atoms with Gasteiger partial charge in [0.05, 0.1) is 11.4 Å². The summed E-state index contributed by atoms with van der Waals surface area (Å²) in [6.45, 7) is 18.4. The Balaban J connectivity index is 2.62. The van der Waals surface area contributed by atoms with Gasteiger partial charge in [0.15, 0.2) is 0 Å². The van der Waals surface area contributed by atoms with Crippen molar-refractivity contribution in [1.82, 2.24) is 0 Å². The van der Waals surface area contributed by atoms with E-state index in [1.54, 1.807) is 0 Å². The van der Waals surface area contributed by atoms with Gasteiger partial charge in [-0.2, -0.15) is 9.98 Å². The highest BCUT2D eigenvalue weighted by Gasteiger charge is 2.30. The van der Waals surface area contributed by atoms with Crippen LogP contribution in [0.3, 0.4) is 0 Å². The minimum atomic E-state index is 0.394. The van der Waals surface area contributed by atoms with Crippen LogP contribution < -0.4 is 0 Å². The third-order valence-electron chi connectivity index (χ3n) is 5.45. The molecule has 0 atom stereocenters. The van der Waals surface area contributed by atoms with E-state index in [2.05, 4.69) is 84.6 Å². The highest BCUT2D eigenvalue weighted by atomic mass is 14.8. The molecule has 27 heavy (non-hydrogen) atoms. The first-order valence-electron chi connectivity index (χ1n) is 10.2. The predicted molar refractivity (Wildman–Crippen MR) is 117 cm³/mol. The van der Waals surface area contributed by atoms with E-state index in [0.717, 1.165) is 11.4 Å². The maximum atomic E-state index is 4.79. The monoisotopic (exact) mass is 360 g/mol. The number of nitrogens with zero attached hydrogens (tertiary/aromatic N) is 2. The van der Waals surface area contributed by atoms with Gasteiger partial charge < -0.3 is 0 Å². The number of fused-ring (bicyclic) bond motifs is 3. The Bertz CT molecular complexity index is 924. The number of hydrogen-bond donors (Lipinski definition) is 0. The Morgan fingerprint density at radius 2 is 1.15 bits per heavy atom. The third-order valence-corrected chi connectivity index (χ3v) is 5.45. The minimum absolute atomic E-state index is 0.394. The van der Waals surface area contributed by atoms with Crippen LogP contribution >= 0.6 is 0 Å². The Kier molecular flexibility index (Phi) is 5.40. The van der Waals surface area contributed by atoms with Gasteiger partial charge in [-0.05, 0) is 52.0 Å².